The molecule has 0 saturated heterocycles. The van der Waals surface area contributed by atoms with Gasteiger partial charge in [0.15, 0.2) is 5.82 Å². The second-order valence-electron chi connectivity index (χ2n) is 4.17. The van der Waals surface area contributed by atoms with E-state index in [2.05, 4.69) is 15.0 Å². The molecule has 0 unspecified atom stereocenters. The van der Waals surface area contributed by atoms with Crippen molar-refractivity contribution in [3.8, 4) is 10.7 Å². The summed E-state index contributed by atoms with van der Waals surface area (Å²) in [6, 6.07) is 3.74. The van der Waals surface area contributed by atoms with Crippen molar-refractivity contribution in [3.05, 3.63) is 39.1 Å². The Morgan fingerprint density at radius 3 is 2.58 bits per heavy atom. The number of rotatable bonds is 1. The molecule has 3 nitrogen and oxygen atoms in total. The van der Waals surface area contributed by atoms with Crippen molar-refractivity contribution >= 4 is 45.4 Å². The molecule has 0 atom stereocenters. The molecule has 19 heavy (non-hydrogen) atoms. The van der Waals surface area contributed by atoms with Crippen molar-refractivity contribution in [1.82, 2.24) is 15.0 Å². The third-order valence-electron chi connectivity index (χ3n) is 2.81. The van der Waals surface area contributed by atoms with Crippen LogP contribution in [0.3, 0.4) is 0 Å². The molecule has 0 aliphatic heterocycles. The number of hydrogen-bond donors (Lipinski definition) is 0. The zero-order valence-electron chi connectivity index (χ0n) is 10.2. The molecule has 2 aromatic heterocycles. The van der Waals surface area contributed by atoms with E-state index in [1.54, 1.807) is 6.20 Å². The number of benzene rings is 1. The summed E-state index contributed by atoms with van der Waals surface area (Å²) in [6.45, 7) is 3.90. The highest BCUT2D eigenvalue weighted by Gasteiger charge is 2.13. The Morgan fingerprint density at radius 2 is 1.89 bits per heavy atom. The molecule has 0 N–H and O–H groups in total. The van der Waals surface area contributed by atoms with Gasteiger partial charge < -0.3 is 0 Å². The second-order valence-corrected chi connectivity index (χ2v) is 6.17. The van der Waals surface area contributed by atoms with E-state index in [1.165, 1.54) is 11.3 Å². The third-order valence-corrected chi connectivity index (χ3v) is 4.29. The van der Waals surface area contributed by atoms with Gasteiger partial charge in [0.2, 0.25) is 0 Å². The first-order valence-corrected chi connectivity index (χ1v) is 7.18. The maximum absolute atomic E-state index is 6.27. The molecule has 0 spiro atoms. The second kappa shape index (κ2) is 4.71. The SMILES string of the molecule is Cc1ncc(-c2nc(Cl)c3c(C)ccc(Cl)c3n2)s1. The Kier molecular flexibility index (Phi) is 3.17. The Hall–Kier alpha value is -1.23. The highest BCUT2D eigenvalue weighted by atomic mass is 35.5. The molecular weight excluding hydrogens is 301 g/mol. The Morgan fingerprint density at radius 1 is 1.11 bits per heavy atom. The first kappa shape index (κ1) is 12.8. The van der Waals surface area contributed by atoms with Gasteiger partial charge in [-0.2, -0.15) is 0 Å². The van der Waals surface area contributed by atoms with Crippen molar-refractivity contribution in [1.29, 1.82) is 0 Å². The van der Waals surface area contributed by atoms with Crippen LogP contribution in [0.15, 0.2) is 18.3 Å². The minimum atomic E-state index is 0.422. The summed E-state index contributed by atoms with van der Waals surface area (Å²) in [7, 11) is 0. The molecule has 2 heterocycles. The van der Waals surface area contributed by atoms with Gasteiger partial charge in [0.05, 0.1) is 20.4 Å². The molecule has 0 aliphatic rings. The third kappa shape index (κ3) is 2.20. The topological polar surface area (TPSA) is 38.7 Å². The molecule has 3 aromatic rings. The summed E-state index contributed by atoms with van der Waals surface area (Å²) in [4.78, 5) is 14.0. The maximum atomic E-state index is 6.27. The summed E-state index contributed by atoms with van der Waals surface area (Å²) in [5.41, 5.74) is 1.69. The number of aryl methyl sites for hydroxylation is 2. The van der Waals surface area contributed by atoms with E-state index in [1.807, 2.05) is 26.0 Å². The van der Waals surface area contributed by atoms with E-state index in [9.17, 15) is 0 Å². The van der Waals surface area contributed by atoms with Gasteiger partial charge in [0.25, 0.3) is 0 Å². The molecular formula is C13H9Cl2N3S. The van der Waals surface area contributed by atoms with Gasteiger partial charge >= 0.3 is 0 Å². The van der Waals surface area contributed by atoms with Crippen LogP contribution >= 0.6 is 34.5 Å². The quantitative estimate of drug-likeness (QED) is 0.613. The largest absolute Gasteiger partial charge is 0.249 e. The summed E-state index contributed by atoms with van der Waals surface area (Å²) < 4.78 is 0. The molecule has 0 aliphatic carbocycles. The smallest absolute Gasteiger partial charge is 0.173 e. The Balaban J connectivity index is 2.33. The van der Waals surface area contributed by atoms with Gasteiger partial charge in [-0.25, -0.2) is 15.0 Å². The summed E-state index contributed by atoms with van der Waals surface area (Å²) in [5.74, 6) is 0.565. The van der Waals surface area contributed by atoms with Crippen molar-refractivity contribution in [2.24, 2.45) is 0 Å². The number of hydrogen-bond acceptors (Lipinski definition) is 4. The van der Waals surface area contributed by atoms with Gasteiger partial charge in [-0.3, -0.25) is 0 Å². The Labute approximate surface area is 124 Å². The number of fused-ring (bicyclic) bond motifs is 1. The average Bonchev–Trinajstić information content (AvgIpc) is 2.80. The van der Waals surface area contributed by atoms with Crippen LogP contribution in [0.1, 0.15) is 10.6 Å². The molecule has 6 heteroatoms. The zero-order chi connectivity index (χ0) is 13.6. The number of halogens is 2. The lowest BCUT2D eigenvalue weighted by molar-refractivity contribution is 1.22. The van der Waals surface area contributed by atoms with Crippen molar-refractivity contribution in [3.63, 3.8) is 0 Å². The number of nitrogens with zero attached hydrogens (tertiary/aromatic N) is 3. The van der Waals surface area contributed by atoms with E-state index >= 15 is 0 Å². The van der Waals surface area contributed by atoms with Gasteiger partial charge in [0, 0.05) is 11.6 Å². The monoisotopic (exact) mass is 309 g/mol. The van der Waals surface area contributed by atoms with Gasteiger partial charge in [-0.05, 0) is 25.5 Å². The number of aromatic nitrogens is 3. The predicted octanol–water partition coefficient (Wildman–Crippen LogP) is 4.68. The lowest BCUT2D eigenvalue weighted by Crippen LogP contribution is -1.93. The van der Waals surface area contributed by atoms with Crippen LogP contribution in [-0.2, 0) is 0 Å². The van der Waals surface area contributed by atoms with E-state index in [0.717, 1.165) is 20.8 Å². The minimum Gasteiger partial charge on any atom is -0.249 e. The van der Waals surface area contributed by atoms with Gasteiger partial charge in [-0.15, -0.1) is 11.3 Å². The summed E-state index contributed by atoms with van der Waals surface area (Å²) in [5, 5.41) is 2.77. The van der Waals surface area contributed by atoms with E-state index < -0.39 is 0 Å². The fourth-order valence-corrected chi connectivity index (χ4v) is 3.12. The molecule has 1 aromatic carbocycles. The normalized spacial score (nSPS) is 11.2. The van der Waals surface area contributed by atoms with E-state index in [-0.39, 0.29) is 0 Å². The van der Waals surface area contributed by atoms with Crippen LogP contribution in [0, 0.1) is 13.8 Å². The fourth-order valence-electron chi connectivity index (χ4n) is 1.89. The highest BCUT2D eigenvalue weighted by molar-refractivity contribution is 7.14. The molecule has 0 bridgehead atoms. The van der Waals surface area contributed by atoms with Crippen molar-refractivity contribution < 1.29 is 0 Å². The van der Waals surface area contributed by atoms with Crippen LogP contribution in [0.25, 0.3) is 21.6 Å². The van der Waals surface area contributed by atoms with Crippen LogP contribution in [0.2, 0.25) is 10.2 Å². The van der Waals surface area contributed by atoms with Gasteiger partial charge in [-0.1, -0.05) is 29.3 Å². The molecule has 0 saturated carbocycles. The summed E-state index contributed by atoms with van der Waals surface area (Å²) >= 11 is 14.0. The van der Waals surface area contributed by atoms with Gasteiger partial charge in [0.1, 0.15) is 5.15 Å². The van der Waals surface area contributed by atoms with Crippen LogP contribution in [0.5, 0.6) is 0 Å². The minimum absolute atomic E-state index is 0.422. The Bertz CT molecular complexity index is 783. The van der Waals surface area contributed by atoms with Crippen LogP contribution in [0.4, 0.5) is 0 Å². The standard InChI is InChI=1S/C13H9Cl2N3S/c1-6-3-4-8(14)11-10(6)12(15)18-13(17-11)9-5-16-7(2)19-9/h3-5H,1-2H3. The molecule has 0 amide bonds. The van der Waals surface area contributed by atoms with E-state index in [0.29, 0.717) is 21.5 Å². The summed E-state index contributed by atoms with van der Waals surface area (Å²) in [6.07, 6.45) is 1.75. The molecule has 0 radical (unpaired) electrons. The predicted molar refractivity (Wildman–Crippen MR) is 80.1 cm³/mol. The van der Waals surface area contributed by atoms with Crippen LogP contribution < -0.4 is 0 Å². The van der Waals surface area contributed by atoms with Crippen molar-refractivity contribution in [2.45, 2.75) is 13.8 Å². The lowest BCUT2D eigenvalue weighted by atomic mass is 10.1. The number of thiazole rings is 1. The fraction of sp³-hybridized carbons (Fsp3) is 0.154. The average molecular weight is 310 g/mol. The van der Waals surface area contributed by atoms with Crippen LogP contribution in [-0.4, -0.2) is 15.0 Å². The maximum Gasteiger partial charge on any atom is 0.173 e. The molecule has 96 valence electrons. The molecule has 0 fully saturated rings. The van der Waals surface area contributed by atoms with Crippen molar-refractivity contribution in [2.75, 3.05) is 0 Å². The zero-order valence-corrected chi connectivity index (χ0v) is 12.6. The first-order valence-electron chi connectivity index (χ1n) is 5.61. The first-order chi connectivity index (χ1) is 9.06. The lowest BCUT2D eigenvalue weighted by Gasteiger charge is -2.06. The van der Waals surface area contributed by atoms with E-state index in [4.69, 9.17) is 23.2 Å². The highest BCUT2D eigenvalue weighted by Crippen LogP contribution is 2.32. The molecule has 3 rings (SSSR count).